The van der Waals surface area contributed by atoms with Gasteiger partial charge in [0.15, 0.2) is 0 Å². The summed E-state index contributed by atoms with van der Waals surface area (Å²) in [6.07, 6.45) is 3.54. The van der Waals surface area contributed by atoms with Crippen molar-refractivity contribution < 1.29 is 41.3 Å². The molecule has 0 fully saturated rings. The Labute approximate surface area is 107 Å². The van der Waals surface area contributed by atoms with Crippen molar-refractivity contribution in [2.75, 3.05) is 0 Å². The van der Waals surface area contributed by atoms with Crippen LogP contribution in [0.15, 0.2) is 34.2 Å². The van der Waals surface area contributed by atoms with Crippen molar-refractivity contribution >= 4 is 22.7 Å². The van der Waals surface area contributed by atoms with Crippen LogP contribution in [-0.2, 0) is 36.5 Å². The van der Waals surface area contributed by atoms with Gasteiger partial charge in [-0.3, -0.25) is 9.97 Å². The quantitative estimate of drug-likeness (QED) is 0.699. The van der Waals surface area contributed by atoms with Gasteiger partial charge in [0.2, 0.25) is 0 Å². The molecule has 0 aromatic carbocycles. The zero-order chi connectivity index (χ0) is 7.07. The van der Waals surface area contributed by atoms with E-state index in [0.29, 0.717) is 0 Å². The first-order valence-corrected chi connectivity index (χ1v) is 4.53. The van der Waals surface area contributed by atoms with Crippen LogP contribution in [-0.4, -0.2) is 9.97 Å². The van der Waals surface area contributed by atoms with Crippen LogP contribution in [0.4, 0.5) is 4.70 Å². The topological polar surface area (TPSA) is 25.8 Å². The fourth-order valence-corrected chi connectivity index (χ4v) is 1.05. The molecular formula is C6H6FMnN2S2Zn. The van der Waals surface area contributed by atoms with Gasteiger partial charge in [-0.25, -0.2) is 0 Å². The summed E-state index contributed by atoms with van der Waals surface area (Å²) in [6, 6.07) is 0. The fourth-order valence-electron chi connectivity index (χ4n) is 0.351. The summed E-state index contributed by atoms with van der Waals surface area (Å²) < 4.78 is 0. The average Bonchev–Trinajstić information content (AvgIpc) is 2.67. The summed E-state index contributed by atoms with van der Waals surface area (Å²) >= 11 is 3.20. The first-order valence-electron chi connectivity index (χ1n) is 2.64. The maximum absolute atomic E-state index is 3.74. The van der Waals surface area contributed by atoms with E-state index in [4.69, 9.17) is 0 Å². The van der Waals surface area contributed by atoms with Gasteiger partial charge in [0.1, 0.15) is 0 Å². The van der Waals surface area contributed by atoms with E-state index < -0.39 is 0 Å². The molecule has 2 rings (SSSR count). The van der Waals surface area contributed by atoms with Gasteiger partial charge in [0.25, 0.3) is 0 Å². The van der Waals surface area contributed by atoms with Crippen LogP contribution in [0.5, 0.6) is 0 Å². The summed E-state index contributed by atoms with van der Waals surface area (Å²) in [5.74, 6) is 0. The Morgan fingerprint density at radius 3 is 1.31 bits per heavy atom. The molecule has 0 atom stereocenters. The van der Waals surface area contributed by atoms with Gasteiger partial charge in [-0.1, -0.05) is 0 Å². The molecule has 7 heteroatoms. The molecule has 2 heterocycles. The van der Waals surface area contributed by atoms with Crippen LogP contribution < -0.4 is 0 Å². The van der Waals surface area contributed by atoms with Crippen LogP contribution in [0.1, 0.15) is 0 Å². The van der Waals surface area contributed by atoms with E-state index >= 15 is 0 Å². The van der Waals surface area contributed by atoms with Crippen LogP contribution >= 0.6 is 22.7 Å². The number of hydrogen-bond donors (Lipinski definition) is 0. The molecule has 0 spiro atoms. The first kappa shape index (κ1) is 19.0. The zero-order valence-electron chi connectivity index (χ0n) is 6.64. The average molecular weight is 310 g/mol. The number of thiazole rings is 2. The Morgan fingerprint density at radius 2 is 1.23 bits per heavy atom. The molecule has 0 N–H and O–H groups in total. The van der Waals surface area contributed by atoms with Crippen LogP contribution in [0.2, 0.25) is 0 Å². The Balaban J connectivity index is -0.000000125. The maximum atomic E-state index is 3.74. The minimum atomic E-state index is 0. The van der Waals surface area contributed by atoms with E-state index in [9.17, 15) is 0 Å². The summed E-state index contributed by atoms with van der Waals surface area (Å²) in [4.78, 5) is 7.48. The number of nitrogens with zero attached hydrogens (tertiary/aromatic N) is 2. The van der Waals surface area contributed by atoms with Crippen molar-refractivity contribution in [2.45, 2.75) is 0 Å². The van der Waals surface area contributed by atoms with Crippen molar-refractivity contribution in [3.63, 3.8) is 0 Å². The molecule has 2 nitrogen and oxygen atoms in total. The third kappa shape index (κ3) is 12.3. The third-order valence-electron chi connectivity index (χ3n) is 0.694. The second-order valence-corrected chi connectivity index (χ2v) is 2.86. The van der Waals surface area contributed by atoms with Gasteiger partial charge < -0.3 is 0 Å². The number of halogens is 1. The van der Waals surface area contributed by atoms with Crippen LogP contribution in [0, 0.1) is 0 Å². The maximum Gasteiger partial charge on any atom is 0.0791 e. The Kier molecular flexibility index (Phi) is 21.7. The van der Waals surface area contributed by atoms with Gasteiger partial charge in [0.05, 0.1) is 11.0 Å². The second-order valence-electron chi connectivity index (χ2n) is 1.35. The Hall–Kier alpha value is 0.333. The number of rotatable bonds is 0. The smallest absolute Gasteiger partial charge is 0.0791 e. The Morgan fingerprint density at radius 1 is 0.846 bits per heavy atom. The summed E-state index contributed by atoms with van der Waals surface area (Å²) in [6.45, 7) is 0. The molecule has 0 aliphatic carbocycles. The number of aromatic nitrogens is 2. The molecule has 0 bridgehead atoms. The normalized spacial score (nSPS) is 6.15. The van der Waals surface area contributed by atoms with E-state index in [-0.39, 0.29) is 41.3 Å². The van der Waals surface area contributed by atoms with Crippen molar-refractivity contribution in [3.8, 4) is 0 Å². The molecule has 2 aromatic heterocycles. The molecule has 0 unspecified atom stereocenters. The summed E-state index contributed by atoms with van der Waals surface area (Å²) in [7, 11) is 0. The molecule has 0 aliphatic heterocycles. The minimum Gasteiger partial charge on any atom is -0.253 e. The van der Waals surface area contributed by atoms with E-state index in [1.165, 1.54) is 0 Å². The van der Waals surface area contributed by atoms with E-state index in [1.54, 1.807) is 46.1 Å². The molecule has 0 aliphatic rings. The van der Waals surface area contributed by atoms with Crippen molar-refractivity contribution in [1.29, 1.82) is 0 Å². The second kappa shape index (κ2) is 14.8. The largest absolute Gasteiger partial charge is 0.253 e. The summed E-state index contributed by atoms with van der Waals surface area (Å²) in [5.41, 5.74) is 3.58. The standard InChI is InChI=1S/2C3H3NS.F.Mn.Zn/c2*1-2-5-3-4-1;;;/h2*1-3H;;;. The molecule has 13 heavy (non-hydrogen) atoms. The predicted molar refractivity (Wildman–Crippen MR) is 45.3 cm³/mol. The minimum absolute atomic E-state index is 0. The molecule has 68 valence electrons. The van der Waals surface area contributed by atoms with E-state index in [1.807, 2.05) is 10.8 Å². The van der Waals surface area contributed by atoms with Gasteiger partial charge in [-0.15, -0.1) is 22.7 Å². The molecule has 0 saturated heterocycles. The van der Waals surface area contributed by atoms with Crippen molar-refractivity contribution in [2.24, 2.45) is 0 Å². The van der Waals surface area contributed by atoms with E-state index in [2.05, 4.69) is 9.97 Å². The number of hydrogen-bond acceptors (Lipinski definition) is 4. The van der Waals surface area contributed by atoms with Gasteiger partial charge in [-0.2, -0.15) is 0 Å². The van der Waals surface area contributed by atoms with E-state index in [0.717, 1.165) is 0 Å². The van der Waals surface area contributed by atoms with Crippen molar-refractivity contribution in [1.82, 2.24) is 9.97 Å². The molecular weight excluding hydrogens is 304 g/mol. The van der Waals surface area contributed by atoms with Gasteiger partial charge >= 0.3 is 0 Å². The molecule has 2 aromatic rings. The molecule has 0 saturated carbocycles. The monoisotopic (exact) mass is 308 g/mol. The van der Waals surface area contributed by atoms with Crippen LogP contribution in [0.25, 0.3) is 0 Å². The fraction of sp³-hybridized carbons (Fsp3) is 0. The first-order chi connectivity index (χ1) is 5.00. The van der Waals surface area contributed by atoms with Crippen LogP contribution in [0.3, 0.4) is 0 Å². The SMILES string of the molecule is [F].[Mn].[Zn].c1cscn1.c1cscn1. The van der Waals surface area contributed by atoms with Gasteiger partial charge in [-0.05, 0) is 0 Å². The molecule has 2 radical (unpaired) electrons. The third-order valence-corrected chi connectivity index (χ3v) is 1.74. The molecule has 0 amide bonds. The Bertz CT molecular complexity index is 168. The summed E-state index contributed by atoms with van der Waals surface area (Å²) in [5, 5.41) is 3.86. The predicted octanol–water partition coefficient (Wildman–Crippen LogP) is 2.70. The zero-order valence-corrected chi connectivity index (χ0v) is 12.4. The van der Waals surface area contributed by atoms with Gasteiger partial charge in [0, 0.05) is 64.4 Å². The van der Waals surface area contributed by atoms with Crippen molar-refractivity contribution in [3.05, 3.63) is 34.2 Å².